The minimum Gasteiger partial charge on any atom is -0.274 e. The fourth-order valence-electron chi connectivity index (χ4n) is 3.03. The van der Waals surface area contributed by atoms with E-state index >= 15 is 0 Å². The molecule has 2 aromatic carbocycles. The van der Waals surface area contributed by atoms with Gasteiger partial charge in [0.25, 0.3) is 5.56 Å². The second-order valence-electron chi connectivity index (χ2n) is 5.93. The number of para-hydroxylation sites is 1. The molecule has 0 spiro atoms. The van der Waals surface area contributed by atoms with E-state index in [1.54, 1.807) is 24.3 Å². The third kappa shape index (κ3) is 3.21. The Balaban J connectivity index is 2.14. The van der Waals surface area contributed by atoms with Gasteiger partial charge < -0.3 is 0 Å². The van der Waals surface area contributed by atoms with Crippen LogP contribution in [-0.2, 0) is 0 Å². The molecule has 4 aromatic rings. The maximum atomic E-state index is 14.4. The number of rotatable bonds is 2. The van der Waals surface area contributed by atoms with Gasteiger partial charge in [0.15, 0.2) is 0 Å². The molecule has 140 valence electrons. The normalized spacial score (nSPS) is 11.2. The van der Waals surface area contributed by atoms with Gasteiger partial charge in [-0.25, -0.2) is 13.8 Å². The Morgan fingerprint density at radius 3 is 2.36 bits per heavy atom. The maximum Gasteiger partial charge on any atom is 0.255 e. The first-order chi connectivity index (χ1) is 13.4. The minimum absolute atomic E-state index is 0.100. The van der Waals surface area contributed by atoms with Crippen molar-refractivity contribution >= 4 is 50.0 Å². The third-order valence-corrected chi connectivity index (χ3v) is 5.22. The van der Waals surface area contributed by atoms with Crippen molar-refractivity contribution in [1.29, 1.82) is 0 Å². The second kappa shape index (κ2) is 7.28. The van der Waals surface area contributed by atoms with E-state index in [-0.39, 0.29) is 26.9 Å². The van der Waals surface area contributed by atoms with Crippen LogP contribution in [0.15, 0.2) is 64.0 Å². The summed E-state index contributed by atoms with van der Waals surface area (Å²) in [6, 6.07) is 12.6. The predicted octanol–water partition coefficient (Wildman–Crippen LogP) is 6.40. The molecule has 0 unspecified atom stereocenters. The number of aromatic nitrogens is 2. The number of hydrogen-bond acceptors (Lipinski definition) is 2. The van der Waals surface area contributed by atoms with Crippen molar-refractivity contribution in [3.63, 3.8) is 0 Å². The fourth-order valence-corrected chi connectivity index (χ4v) is 3.99. The SMILES string of the molecule is O=c1ccc2c(-c3ccc(F)cc3F)nc(Br)cc2n1-c1c(Cl)cccc1Cl. The van der Waals surface area contributed by atoms with Crippen LogP contribution in [0.4, 0.5) is 8.78 Å². The summed E-state index contributed by atoms with van der Waals surface area (Å²) in [6.07, 6.45) is 0. The van der Waals surface area contributed by atoms with Gasteiger partial charge in [0, 0.05) is 23.1 Å². The monoisotopic (exact) mass is 480 g/mol. The van der Waals surface area contributed by atoms with Crippen molar-refractivity contribution in [2.45, 2.75) is 0 Å². The lowest BCUT2D eigenvalue weighted by molar-refractivity contribution is 0.585. The third-order valence-electron chi connectivity index (χ3n) is 4.21. The summed E-state index contributed by atoms with van der Waals surface area (Å²) in [4.78, 5) is 17.0. The van der Waals surface area contributed by atoms with E-state index < -0.39 is 11.6 Å². The zero-order valence-corrected chi connectivity index (χ0v) is 17.0. The molecule has 0 amide bonds. The Bertz CT molecular complexity index is 1290. The van der Waals surface area contributed by atoms with Crippen LogP contribution in [0.5, 0.6) is 0 Å². The zero-order chi connectivity index (χ0) is 20.0. The second-order valence-corrected chi connectivity index (χ2v) is 7.55. The molecule has 0 saturated carbocycles. The Kier molecular flexibility index (Phi) is 4.95. The molecule has 2 heterocycles. The van der Waals surface area contributed by atoms with Crippen molar-refractivity contribution < 1.29 is 8.78 Å². The van der Waals surface area contributed by atoms with Crippen molar-refractivity contribution in [1.82, 2.24) is 9.55 Å². The highest BCUT2D eigenvalue weighted by molar-refractivity contribution is 9.10. The van der Waals surface area contributed by atoms with Crippen LogP contribution >= 0.6 is 39.1 Å². The molecular formula is C20H9BrCl2F2N2O. The van der Waals surface area contributed by atoms with Crippen LogP contribution < -0.4 is 5.56 Å². The summed E-state index contributed by atoms with van der Waals surface area (Å²) in [6.45, 7) is 0. The van der Waals surface area contributed by atoms with Gasteiger partial charge in [0.1, 0.15) is 16.2 Å². The van der Waals surface area contributed by atoms with E-state index in [0.29, 0.717) is 21.2 Å². The van der Waals surface area contributed by atoms with E-state index in [4.69, 9.17) is 23.2 Å². The molecule has 0 bridgehead atoms. The van der Waals surface area contributed by atoms with Crippen LogP contribution in [-0.4, -0.2) is 9.55 Å². The van der Waals surface area contributed by atoms with Crippen molar-refractivity contribution in [2.75, 3.05) is 0 Å². The predicted molar refractivity (Wildman–Crippen MR) is 110 cm³/mol. The van der Waals surface area contributed by atoms with Gasteiger partial charge >= 0.3 is 0 Å². The molecule has 8 heteroatoms. The summed E-state index contributed by atoms with van der Waals surface area (Å²) < 4.78 is 29.5. The van der Waals surface area contributed by atoms with Crippen LogP contribution in [0.25, 0.3) is 27.8 Å². The Labute approximate surface area is 176 Å². The zero-order valence-electron chi connectivity index (χ0n) is 13.9. The molecule has 0 atom stereocenters. The number of pyridine rings is 2. The van der Waals surface area contributed by atoms with Gasteiger partial charge in [-0.2, -0.15) is 0 Å². The van der Waals surface area contributed by atoms with Gasteiger partial charge in [0.05, 0.1) is 26.9 Å². The molecule has 2 aromatic heterocycles. The molecule has 0 radical (unpaired) electrons. The summed E-state index contributed by atoms with van der Waals surface area (Å²) in [5, 5.41) is 1.04. The first-order valence-corrected chi connectivity index (χ1v) is 9.54. The Morgan fingerprint density at radius 2 is 1.68 bits per heavy atom. The average Bonchev–Trinajstić information content (AvgIpc) is 2.62. The van der Waals surface area contributed by atoms with E-state index in [0.717, 1.165) is 12.1 Å². The molecule has 3 nitrogen and oxygen atoms in total. The van der Waals surface area contributed by atoms with Crippen molar-refractivity contribution in [3.05, 3.63) is 91.2 Å². The summed E-state index contributed by atoms with van der Waals surface area (Å²) in [5.41, 5.74) is 0.709. The molecular weight excluding hydrogens is 473 g/mol. The Hall–Kier alpha value is -2.28. The van der Waals surface area contributed by atoms with Gasteiger partial charge in [0.2, 0.25) is 0 Å². The first kappa shape index (κ1) is 19.1. The fraction of sp³-hybridized carbons (Fsp3) is 0. The smallest absolute Gasteiger partial charge is 0.255 e. The van der Waals surface area contributed by atoms with Crippen LogP contribution in [0.2, 0.25) is 10.0 Å². The number of halogens is 5. The van der Waals surface area contributed by atoms with Gasteiger partial charge in [-0.1, -0.05) is 29.3 Å². The highest BCUT2D eigenvalue weighted by Gasteiger charge is 2.18. The first-order valence-electron chi connectivity index (χ1n) is 7.99. The molecule has 0 N–H and O–H groups in total. The molecule has 0 saturated heterocycles. The average molecular weight is 482 g/mol. The topological polar surface area (TPSA) is 34.9 Å². The van der Waals surface area contributed by atoms with Gasteiger partial charge in [-0.3, -0.25) is 9.36 Å². The number of nitrogens with zero attached hydrogens (tertiary/aromatic N) is 2. The van der Waals surface area contributed by atoms with Crippen molar-refractivity contribution in [2.24, 2.45) is 0 Å². The van der Waals surface area contributed by atoms with E-state index in [2.05, 4.69) is 20.9 Å². The molecule has 0 aliphatic rings. The number of hydrogen-bond donors (Lipinski definition) is 0. The highest BCUT2D eigenvalue weighted by atomic mass is 79.9. The van der Waals surface area contributed by atoms with Gasteiger partial charge in [-0.15, -0.1) is 0 Å². The summed E-state index contributed by atoms with van der Waals surface area (Å²) in [5.74, 6) is -1.46. The summed E-state index contributed by atoms with van der Waals surface area (Å²) in [7, 11) is 0. The molecule has 4 rings (SSSR count). The maximum absolute atomic E-state index is 14.4. The summed E-state index contributed by atoms with van der Waals surface area (Å²) >= 11 is 15.9. The lowest BCUT2D eigenvalue weighted by Gasteiger charge is -2.15. The molecule has 0 aliphatic carbocycles. The highest BCUT2D eigenvalue weighted by Crippen LogP contribution is 2.34. The standard InChI is InChI=1S/C20H9BrCl2F2N2O/c21-17-9-16-12(19(26-17)11-5-4-10(24)8-15(11)25)6-7-18(28)27(16)20-13(22)2-1-3-14(20)23/h1-9H. The quantitative estimate of drug-likeness (QED) is 0.310. The number of benzene rings is 2. The Morgan fingerprint density at radius 1 is 0.964 bits per heavy atom. The van der Waals surface area contributed by atoms with Gasteiger partial charge in [-0.05, 0) is 52.3 Å². The lowest BCUT2D eigenvalue weighted by Crippen LogP contribution is -2.18. The van der Waals surface area contributed by atoms with E-state index in [9.17, 15) is 13.6 Å². The lowest BCUT2D eigenvalue weighted by atomic mass is 10.1. The molecule has 0 aliphatic heterocycles. The van der Waals surface area contributed by atoms with E-state index in [1.807, 2.05) is 0 Å². The number of fused-ring (bicyclic) bond motifs is 1. The molecule has 0 fully saturated rings. The van der Waals surface area contributed by atoms with E-state index in [1.165, 1.54) is 22.8 Å². The molecule has 28 heavy (non-hydrogen) atoms. The largest absolute Gasteiger partial charge is 0.274 e. The van der Waals surface area contributed by atoms with Crippen LogP contribution in [0, 0.1) is 11.6 Å². The van der Waals surface area contributed by atoms with Crippen LogP contribution in [0.1, 0.15) is 0 Å². The van der Waals surface area contributed by atoms with Crippen LogP contribution in [0.3, 0.4) is 0 Å². The minimum atomic E-state index is -0.763. The van der Waals surface area contributed by atoms with Crippen molar-refractivity contribution in [3.8, 4) is 16.9 Å².